The van der Waals surface area contributed by atoms with Crippen molar-refractivity contribution in [2.75, 3.05) is 6.26 Å². The van der Waals surface area contributed by atoms with Gasteiger partial charge in [-0.1, -0.05) is 0 Å². The molecule has 1 heterocycles. The highest BCUT2D eigenvalue weighted by Gasteiger charge is 2.25. The van der Waals surface area contributed by atoms with Gasteiger partial charge in [-0.2, -0.15) is 0 Å². The second-order valence-corrected chi connectivity index (χ2v) is 9.05. The first kappa shape index (κ1) is 19.4. The Morgan fingerprint density at radius 2 is 1.70 bits per heavy atom. The summed E-state index contributed by atoms with van der Waals surface area (Å²) in [5.74, 6) is 0.876. The number of sulfone groups is 1. The first-order valence-corrected chi connectivity index (χ1v) is 10.8. The molecule has 27 heavy (non-hydrogen) atoms. The maximum absolute atomic E-state index is 12.4. The monoisotopic (exact) mass is 389 g/mol. The molecule has 144 valence electrons. The molecule has 0 aliphatic heterocycles. The van der Waals surface area contributed by atoms with Gasteiger partial charge in [0.15, 0.2) is 9.84 Å². The fraction of sp³-hybridized carbons (Fsp3) is 0.400. The van der Waals surface area contributed by atoms with Gasteiger partial charge >= 0.3 is 0 Å². The van der Waals surface area contributed by atoms with Gasteiger partial charge in [-0.3, -0.25) is 14.2 Å². The predicted molar refractivity (Wildman–Crippen MR) is 102 cm³/mol. The van der Waals surface area contributed by atoms with Crippen molar-refractivity contribution in [3.05, 3.63) is 52.9 Å². The van der Waals surface area contributed by atoms with Crippen LogP contribution in [0.25, 0.3) is 5.69 Å². The van der Waals surface area contributed by atoms with Crippen LogP contribution in [0.15, 0.2) is 52.3 Å². The number of pyridine rings is 1. The lowest BCUT2D eigenvalue weighted by atomic mass is 9.85. The van der Waals surface area contributed by atoms with Crippen molar-refractivity contribution in [2.45, 2.75) is 43.6 Å². The Balaban J connectivity index is 1.71. The Morgan fingerprint density at radius 3 is 2.22 bits per heavy atom. The Bertz CT molecular complexity index is 984. The van der Waals surface area contributed by atoms with Crippen LogP contribution in [0.4, 0.5) is 0 Å². The van der Waals surface area contributed by atoms with Crippen molar-refractivity contribution in [1.82, 2.24) is 4.57 Å². The standard InChI is InChI=1S/C20H23NO5S/c1-14(22)15-3-7-17(8-4-15)26-18-11-12-21(20(23)13-18)16-5-9-19(10-6-16)27(2,24)25/h5-6,9-13,15,17H,3-4,7-8H2,1-2H3/t15-,17-. The third kappa shape index (κ3) is 4.66. The number of nitrogens with zero attached hydrogens (tertiary/aromatic N) is 1. The van der Waals surface area contributed by atoms with E-state index in [1.807, 2.05) is 0 Å². The van der Waals surface area contributed by atoms with Gasteiger partial charge in [0, 0.05) is 30.1 Å². The number of ether oxygens (including phenoxy) is 1. The van der Waals surface area contributed by atoms with Crippen LogP contribution >= 0.6 is 0 Å². The second-order valence-electron chi connectivity index (χ2n) is 7.04. The number of carbonyl (C=O) groups is 1. The Labute approximate surface area is 158 Å². The molecule has 2 aromatic rings. The van der Waals surface area contributed by atoms with E-state index >= 15 is 0 Å². The molecule has 0 saturated heterocycles. The molecule has 0 N–H and O–H groups in total. The van der Waals surface area contributed by atoms with Crippen LogP contribution in [0.5, 0.6) is 5.75 Å². The van der Waals surface area contributed by atoms with Gasteiger partial charge in [0.1, 0.15) is 11.5 Å². The summed E-state index contributed by atoms with van der Waals surface area (Å²) in [6, 6.07) is 9.32. The number of ketones is 1. The second kappa shape index (κ2) is 7.68. The number of hydrogen-bond donors (Lipinski definition) is 0. The maximum Gasteiger partial charge on any atom is 0.258 e. The molecule has 1 aliphatic rings. The zero-order valence-electron chi connectivity index (χ0n) is 15.4. The van der Waals surface area contributed by atoms with Crippen LogP contribution < -0.4 is 10.3 Å². The van der Waals surface area contributed by atoms with E-state index in [0.717, 1.165) is 31.9 Å². The normalized spacial score (nSPS) is 20.2. The summed E-state index contributed by atoms with van der Waals surface area (Å²) in [5, 5.41) is 0. The van der Waals surface area contributed by atoms with Crippen molar-refractivity contribution >= 4 is 15.6 Å². The first-order chi connectivity index (χ1) is 12.7. The Morgan fingerprint density at radius 1 is 1.07 bits per heavy atom. The van der Waals surface area contributed by atoms with Crippen molar-refractivity contribution < 1.29 is 17.9 Å². The minimum atomic E-state index is -3.27. The van der Waals surface area contributed by atoms with Gasteiger partial charge in [-0.15, -0.1) is 0 Å². The molecule has 1 aromatic heterocycles. The minimum absolute atomic E-state index is 0.0184. The van der Waals surface area contributed by atoms with Gasteiger partial charge in [0.25, 0.3) is 5.56 Å². The van der Waals surface area contributed by atoms with E-state index < -0.39 is 9.84 Å². The number of rotatable bonds is 5. The molecule has 7 heteroatoms. The number of benzene rings is 1. The molecule has 0 bridgehead atoms. The SMILES string of the molecule is CC(=O)[C@H]1CC[C@H](Oc2ccn(-c3ccc(S(C)(=O)=O)cc3)c(=O)c2)CC1. The molecule has 0 amide bonds. The lowest BCUT2D eigenvalue weighted by Crippen LogP contribution is -2.27. The zero-order valence-corrected chi connectivity index (χ0v) is 16.2. The van der Waals surface area contributed by atoms with E-state index in [0.29, 0.717) is 11.4 Å². The quantitative estimate of drug-likeness (QED) is 0.785. The van der Waals surface area contributed by atoms with E-state index in [9.17, 15) is 18.0 Å². The van der Waals surface area contributed by atoms with E-state index in [2.05, 4.69) is 0 Å². The van der Waals surface area contributed by atoms with E-state index in [-0.39, 0.29) is 28.3 Å². The highest BCUT2D eigenvalue weighted by Crippen LogP contribution is 2.28. The summed E-state index contributed by atoms with van der Waals surface area (Å²) in [6.45, 7) is 1.63. The fourth-order valence-electron chi connectivity index (χ4n) is 3.38. The molecular formula is C20H23NO5S. The van der Waals surface area contributed by atoms with Crippen molar-refractivity contribution in [3.8, 4) is 11.4 Å². The lowest BCUT2D eigenvalue weighted by molar-refractivity contribution is -0.122. The topological polar surface area (TPSA) is 82.4 Å². The number of aromatic nitrogens is 1. The molecule has 1 aliphatic carbocycles. The summed E-state index contributed by atoms with van der Waals surface area (Å²) in [6.07, 6.45) is 6.04. The highest BCUT2D eigenvalue weighted by molar-refractivity contribution is 7.90. The number of hydrogen-bond acceptors (Lipinski definition) is 5. The van der Waals surface area contributed by atoms with Crippen molar-refractivity contribution in [2.24, 2.45) is 5.92 Å². The number of Topliss-reactive ketones (excluding diaryl/α,β-unsaturated/α-hetero) is 1. The third-order valence-electron chi connectivity index (χ3n) is 4.99. The third-order valence-corrected chi connectivity index (χ3v) is 6.11. The largest absolute Gasteiger partial charge is 0.490 e. The van der Waals surface area contributed by atoms with Crippen LogP contribution in [0.2, 0.25) is 0 Å². The van der Waals surface area contributed by atoms with Gasteiger partial charge in [0.2, 0.25) is 0 Å². The highest BCUT2D eigenvalue weighted by atomic mass is 32.2. The molecule has 1 saturated carbocycles. The van der Waals surface area contributed by atoms with Crippen molar-refractivity contribution in [1.29, 1.82) is 0 Å². The zero-order chi connectivity index (χ0) is 19.6. The van der Waals surface area contributed by atoms with Gasteiger partial charge in [0.05, 0.1) is 11.0 Å². The Kier molecular flexibility index (Phi) is 5.51. The summed E-state index contributed by atoms with van der Waals surface area (Å²) >= 11 is 0. The molecule has 0 spiro atoms. The fourth-order valence-corrected chi connectivity index (χ4v) is 4.01. The minimum Gasteiger partial charge on any atom is -0.490 e. The summed E-state index contributed by atoms with van der Waals surface area (Å²) in [5.41, 5.74) is 0.331. The van der Waals surface area contributed by atoms with Gasteiger partial charge in [-0.05, 0) is 62.9 Å². The van der Waals surface area contributed by atoms with Crippen LogP contribution in [-0.2, 0) is 14.6 Å². The molecule has 6 nitrogen and oxygen atoms in total. The number of carbonyl (C=O) groups excluding carboxylic acids is 1. The van der Waals surface area contributed by atoms with Crippen LogP contribution in [0.3, 0.4) is 0 Å². The average molecular weight is 389 g/mol. The van der Waals surface area contributed by atoms with Crippen LogP contribution in [0, 0.1) is 5.92 Å². The molecule has 0 radical (unpaired) electrons. The molecule has 0 atom stereocenters. The molecular weight excluding hydrogens is 366 g/mol. The van der Waals surface area contributed by atoms with E-state index in [1.165, 1.54) is 22.8 Å². The molecule has 1 aromatic carbocycles. The summed E-state index contributed by atoms with van der Waals surface area (Å²) < 4.78 is 30.4. The summed E-state index contributed by atoms with van der Waals surface area (Å²) in [7, 11) is -3.27. The lowest BCUT2D eigenvalue weighted by Gasteiger charge is -2.27. The van der Waals surface area contributed by atoms with Crippen LogP contribution in [-0.4, -0.2) is 31.1 Å². The van der Waals surface area contributed by atoms with Gasteiger partial charge < -0.3 is 4.74 Å². The molecule has 0 unspecified atom stereocenters. The maximum atomic E-state index is 12.4. The predicted octanol–water partition coefficient (Wildman–Crippen LogP) is 2.77. The van der Waals surface area contributed by atoms with Crippen molar-refractivity contribution in [3.63, 3.8) is 0 Å². The average Bonchev–Trinajstić information content (AvgIpc) is 2.62. The first-order valence-electron chi connectivity index (χ1n) is 8.94. The summed E-state index contributed by atoms with van der Waals surface area (Å²) in [4.78, 5) is 24.1. The molecule has 1 fully saturated rings. The van der Waals surface area contributed by atoms with Crippen LogP contribution in [0.1, 0.15) is 32.6 Å². The Hall–Kier alpha value is -2.41. The smallest absolute Gasteiger partial charge is 0.258 e. The van der Waals surface area contributed by atoms with E-state index in [4.69, 9.17) is 4.74 Å². The van der Waals surface area contributed by atoms with E-state index in [1.54, 1.807) is 31.3 Å². The van der Waals surface area contributed by atoms with Gasteiger partial charge in [-0.25, -0.2) is 8.42 Å². The molecule has 3 rings (SSSR count).